The van der Waals surface area contributed by atoms with Crippen LogP contribution in [0.3, 0.4) is 0 Å². The van der Waals surface area contributed by atoms with Gasteiger partial charge in [-0.05, 0) is 55.0 Å². The molecule has 0 radical (unpaired) electrons. The molecule has 0 saturated heterocycles. The van der Waals surface area contributed by atoms with Gasteiger partial charge in [-0.25, -0.2) is 4.98 Å². The minimum atomic E-state index is -0.109. The van der Waals surface area contributed by atoms with Crippen molar-refractivity contribution in [3.05, 3.63) is 83.4 Å². The highest BCUT2D eigenvalue weighted by Crippen LogP contribution is 2.12. The van der Waals surface area contributed by atoms with Gasteiger partial charge in [-0.1, -0.05) is 11.8 Å². The van der Waals surface area contributed by atoms with Crippen molar-refractivity contribution in [3.8, 4) is 17.9 Å². The third kappa shape index (κ3) is 3.98. The number of aryl methyl sites for hydroxylation is 1. The fourth-order valence-electron chi connectivity index (χ4n) is 2.45. The third-order valence-electron chi connectivity index (χ3n) is 3.82. The average molecular weight is 340 g/mol. The molecule has 26 heavy (non-hydrogen) atoms. The van der Waals surface area contributed by atoms with E-state index in [0.717, 1.165) is 16.8 Å². The van der Waals surface area contributed by atoms with E-state index < -0.39 is 0 Å². The number of hydrogen-bond acceptors (Lipinski definition) is 4. The summed E-state index contributed by atoms with van der Waals surface area (Å²) < 4.78 is 1.45. The summed E-state index contributed by atoms with van der Waals surface area (Å²) in [5.41, 5.74) is 3.89. The maximum absolute atomic E-state index is 12.4. The van der Waals surface area contributed by atoms with Gasteiger partial charge in [0.2, 0.25) is 0 Å². The molecule has 0 spiro atoms. The second-order valence-corrected chi connectivity index (χ2v) is 5.65. The summed E-state index contributed by atoms with van der Waals surface area (Å²) in [6, 6.07) is 14.8. The molecule has 0 amide bonds. The second kappa shape index (κ2) is 7.83. The second-order valence-electron chi connectivity index (χ2n) is 5.65. The number of carbonyl (C=O) groups is 1. The molecule has 1 N–H and O–H groups in total. The number of aromatic nitrogens is 2. The van der Waals surface area contributed by atoms with E-state index in [-0.39, 0.29) is 5.91 Å². The van der Waals surface area contributed by atoms with Crippen molar-refractivity contribution in [2.75, 3.05) is 11.9 Å². The number of anilines is 1. The minimum Gasteiger partial charge on any atom is -0.374 e. The Labute approximate surface area is 151 Å². The molecule has 0 aliphatic rings. The minimum absolute atomic E-state index is 0.109. The van der Waals surface area contributed by atoms with Gasteiger partial charge >= 0.3 is 0 Å². The lowest BCUT2D eigenvalue weighted by atomic mass is 10.0. The van der Waals surface area contributed by atoms with Gasteiger partial charge in [-0.2, -0.15) is 5.26 Å². The molecule has 5 heteroatoms. The Hall–Kier alpha value is -3.83. The van der Waals surface area contributed by atoms with E-state index >= 15 is 0 Å². The molecule has 1 aromatic heterocycles. The standard InChI is InChI=1S/C21H16N4O/c1-16-13-17(6-9-20(16)21(26)25-12-11-23-15-25)3-2-10-24-19-7-4-18(14-22)5-8-19/h4-9,11-13,15,24H,10H2,1H3. The van der Waals surface area contributed by atoms with Crippen LogP contribution in [0.5, 0.6) is 0 Å². The van der Waals surface area contributed by atoms with E-state index in [1.54, 1.807) is 30.6 Å². The zero-order chi connectivity index (χ0) is 18.4. The van der Waals surface area contributed by atoms with Crippen molar-refractivity contribution in [2.24, 2.45) is 0 Å². The molecule has 0 saturated carbocycles. The molecule has 0 unspecified atom stereocenters. The van der Waals surface area contributed by atoms with Crippen LogP contribution in [0.15, 0.2) is 61.2 Å². The Morgan fingerprint density at radius 2 is 1.96 bits per heavy atom. The van der Waals surface area contributed by atoms with Gasteiger partial charge in [0.1, 0.15) is 6.33 Å². The van der Waals surface area contributed by atoms with Crippen molar-refractivity contribution in [2.45, 2.75) is 6.92 Å². The molecular formula is C21H16N4O. The summed E-state index contributed by atoms with van der Waals surface area (Å²) in [6.45, 7) is 2.38. The van der Waals surface area contributed by atoms with Gasteiger partial charge in [0, 0.05) is 29.2 Å². The van der Waals surface area contributed by atoms with E-state index in [2.05, 4.69) is 28.2 Å². The Bertz CT molecular complexity index is 1020. The van der Waals surface area contributed by atoms with Gasteiger partial charge < -0.3 is 5.32 Å². The number of nitrogens with zero attached hydrogens (tertiary/aromatic N) is 3. The Balaban J connectivity index is 1.64. The molecule has 3 rings (SSSR count). The average Bonchev–Trinajstić information content (AvgIpc) is 3.20. The number of imidazole rings is 1. The van der Waals surface area contributed by atoms with Crippen LogP contribution in [0.1, 0.15) is 27.0 Å². The van der Waals surface area contributed by atoms with Crippen LogP contribution in [-0.2, 0) is 0 Å². The van der Waals surface area contributed by atoms with E-state index in [4.69, 9.17) is 5.26 Å². The quantitative estimate of drug-likeness (QED) is 0.743. The molecule has 0 aliphatic carbocycles. The van der Waals surface area contributed by atoms with E-state index in [0.29, 0.717) is 17.7 Å². The van der Waals surface area contributed by atoms with Gasteiger partial charge in [0.05, 0.1) is 18.2 Å². The molecule has 0 bridgehead atoms. The summed E-state index contributed by atoms with van der Waals surface area (Å²) in [7, 11) is 0. The van der Waals surface area contributed by atoms with Crippen molar-refractivity contribution in [1.82, 2.24) is 9.55 Å². The van der Waals surface area contributed by atoms with E-state index in [1.807, 2.05) is 31.2 Å². The summed E-state index contributed by atoms with van der Waals surface area (Å²) in [4.78, 5) is 16.3. The molecule has 1 heterocycles. The maximum atomic E-state index is 12.4. The van der Waals surface area contributed by atoms with Gasteiger partial charge in [-0.15, -0.1) is 0 Å². The first-order valence-electron chi connectivity index (χ1n) is 8.03. The number of nitrogens with one attached hydrogen (secondary N) is 1. The molecular weight excluding hydrogens is 324 g/mol. The number of carbonyl (C=O) groups excluding carboxylic acids is 1. The Morgan fingerprint density at radius 3 is 2.62 bits per heavy atom. The van der Waals surface area contributed by atoms with Crippen LogP contribution in [-0.4, -0.2) is 22.0 Å². The summed E-state index contributed by atoms with van der Waals surface area (Å²) >= 11 is 0. The predicted molar refractivity (Wildman–Crippen MR) is 99.7 cm³/mol. The molecule has 0 aliphatic heterocycles. The van der Waals surface area contributed by atoms with Crippen LogP contribution >= 0.6 is 0 Å². The first-order chi connectivity index (χ1) is 12.7. The zero-order valence-electron chi connectivity index (χ0n) is 14.2. The largest absolute Gasteiger partial charge is 0.374 e. The number of benzene rings is 2. The summed E-state index contributed by atoms with van der Waals surface area (Å²) in [5.74, 6) is 6.03. The van der Waals surface area contributed by atoms with Gasteiger partial charge in [-0.3, -0.25) is 9.36 Å². The smallest absolute Gasteiger partial charge is 0.263 e. The molecule has 5 nitrogen and oxygen atoms in total. The lowest BCUT2D eigenvalue weighted by molar-refractivity contribution is 0.0959. The topological polar surface area (TPSA) is 70.7 Å². The lowest BCUT2D eigenvalue weighted by Gasteiger charge is -2.05. The van der Waals surface area contributed by atoms with Crippen LogP contribution in [0, 0.1) is 30.1 Å². The van der Waals surface area contributed by atoms with Crippen LogP contribution in [0.25, 0.3) is 0 Å². The molecule has 3 aromatic rings. The van der Waals surface area contributed by atoms with E-state index in [1.165, 1.54) is 10.9 Å². The van der Waals surface area contributed by atoms with E-state index in [9.17, 15) is 4.79 Å². The molecule has 0 atom stereocenters. The number of rotatable bonds is 3. The van der Waals surface area contributed by atoms with Crippen LogP contribution < -0.4 is 5.32 Å². The molecule has 2 aromatic carbocycles. The van der Waals surface area contributed by atoms with Crippen molar-refractivity contribution < 1.29 is 4.79 Å². The monoisotopic (exact) mass is 340 g/mol. The highest BCUT2D eigenvalue weighted by molar-refractivity contribution is 5.97. The fourth-order valence-corrected chi connectivity index (χ4v) is 2.45. The predicted octanol–water partition coefficient (Wildman–Crippen LogP) is 3.22. The summed E-state index contributed by atoms with van der Waals surface area (Å²) in [5, 5.41) is 12.0. The van der Waals surface area contributed by atoms with Gasteiger partial charge in [0.15, 0.2) is 0 Å². The van der Waals surface area contributed by atoms with Gasteiger partial charge in [0.25, 0.3) is 5.91 Å². The fraction of sp³-hybridized carbons (Fsp3) is 0.0952. The Kier molecular flexibility index (Phi) is 5.12. The number of nitriles is 1. The van der Waals surface area contributed by atoms with Crippen LogP contribution in [0.2, 0.25) is 0 Å². The SMILES string of the molecule is Cc1cc(C#CCNc2ccc(C#N)cc2)ccc1C(=O)n1ccnc1. The third-order valence-corrected chi connectivity index (χ3v) is 3.82. The highest BCUT2D eigenvalue weighted by Gasteiger charge is 2.10. The summed E-state index contributed by atoms with van der Waals surface area (Å²) in [6.07, 6.45) is 4.70. The molecule has 0 fully saturated rings. The normalized spacial score (nSPS) is 9.69. The zero-order valence-corrected chi connectivity index (χ0v) is 14.2. The first-order valence-corrected chi connectivity index (χ1v) is 8.03. The Morgan fingerprint density at radius 1 is 1.19 bits per heavy atom. The maximum Gasteiger partial charge on any atom is 0.263 e. The number of hydrogen-bond donors (Lipinski definition) is 1. The van der Waals surface area contributed by atoms with Crippen molar-refractivity contribution in [3.63, 3.8) is 0 Å². The lowest BCUT2D eigenvalue weighted by Crippen LogP contribution is -2.11. The molecule has 126 valence electrons. The van der Waals surface area contributed by atoms with Crippen molar-refractivity contribution >= 4 is 11.6 Å². The van der Waals surface area contributed by atoms with Crippen LogP contribution in [0.4, 0.5) is 5.69 Å². The first kappa shape index (κ1) is 17.0. The van der Waals surface area contributed by atoms with Crippen molar-refractivity contribution in [1.29, 1.82) is 5.26 Å². The highest BCUT2D eigenvalue weighted by atomic mass is 16.2.